The number of aliphatic hydroxyl groups is 1. The molecular formula is C31H35N9O3S. The molecule has 7 rings (SSSR count). The second kappa shape index (κ2) is 11.3. The van der Waals surface area contributed by atoms with E-state index in [1.165, 1.54) is 25.2 Å². The van der Waals surface area contributed by atoms with Crippen LogP contribution in [0.1, 0.15) is 56.6 Å². The van der Waals surface area contributed by atoms with Gasteiger partial charge >= 0.3 is 0 Å². The van der Waals surface area contributed by atoms with Gasteiger partial charge in [0.15, 0.2) is 5.82 Å². The first-order chi connectivity index (χ1) is 21.3. The first-order valence-corrected chi connectivity index (χ1v) is 16.6. The molecule has 44 heavy (non-hydrogen) atoms. The summed E-state index contributed by atoms with van der Waals surface area (Å²) in [6.07, 6.45) is 15.7. The predicted octanol–water partition coefficient (Wildman–Crippen LogP) is 3.42. The Kier molecular flexibility index (Phi) is 7.34. The molecule has 0 aromatic carbocycles. The monoisotopic (exact) mass is 613 g/mol. The zero-order chi connectivity index (χ0) is 30.3. The van der Waals surface area contributed by atoms with E-state index in [0.717, 1.165) is 59.3 Å². The van der Waals surface area contributed by atoms with Crippen LogP contribution in [0.5, 0.6) is 0 Å². The summed E-state index contributed by atoms with van der Waals surface area (Å²) < 4.78 is 28.1. The highest BCUT2D eigenvalue weighted by molar-refractivity contribution is 7.90. The maximum atomic E-state index is 12.6. The predicted molar refractivity (Wildman–Crippen MR) is 166 cm³/mol. The average Bonchev–Trinajstić information content (AvgIpc) is 3.95. The molecule has 0 unspecified atom stereocenters. The lowest BCUT2D eigenvalue weighted by Crippen LogP contribution is -2.40. The zero-order valence-electron chi connectivity index (χ0n) is 24.6. The lowest BCUT2D eigenvalue weighted by molar-refractivity contribution is 0.115. The van der Waals surface area contributed by atoms with Crippen LogP contribution < -0.4 is 10.2 Å². The molecule has 5 heterocycles. The molecular weight excluding hydrogens is 578 g/mol. The van der Waals surface area contributed by atoms with Crippen molar-refractivity contribution in [3.63, 3.8) is 0 Å². The van der Waals surface area contributed by atoms with Crippen molar-refractivity contribution in [2.24, 2.45) is 11.3 Å². The number of piperidine rings is 1. The standard InChI is InChI=1S/C31H35N9O3S/c1-31(21-41)9-12-38(13-10-31)27-14-29(33-16-24(27)5-4-23-15-34-39(19-23)18-22-2-3-22)36-28-8-11-32-30(37-28)25-17-35-40(20-25)44(42,43)26-6-7-26/h8,11,14-17,19-20,22,26,41H,2-3,6-7,9-10,12-13,18,21H2,1H3,(H,32,33,36,37). The highest BCUT2D eigenvalue weighted by Gasteiger charge is 2.37. The third-order valence-electron chi connectivity index (χ3n) is 8.63. The number of pyridine rings is 1. The van der Waals surface area contributed by atoms with Gasteiger partial charge in [0.2, 0.25) is 0 Å². The smallest absolute Gasteiger partial charge is 0.256 e. The number of aliphatic hydroxyl groups excluding tert-OH is 1. The fourth-order valence-electron chi connectivity index (χ4n) is 5.33. The van der Waals surface area contributed by atoms with Gasteiger partial charge in [-0.3, -0.25) is 4.68 Å². The van der Waals surface area contributed by atoms with Crippen LogP contribution in [0.2, 0.25) is 0 Å². The Morgan fingerprint density at radius 3 is 2.59 bits per heavy atom. The number of nitrogens with one attached hydrogen (secondary N) is 1. The Balaban J connectivity index is 1.14. The summed E-state index contributed by atoms with van der Waals surface area (Å²) in [6, 6.07) is 3.71. The third kappa shape index (κ3) is 6.18. The van der Waals surface area contributed by atoms with Crippen LogP contribution in [0.4, 0.5) is 17.3 Å². The average molecular weight is 614 g/mol. The van der Waals surface area contributed by atoms with E-state index in [4.69, 9.17) is 0 Å². The van der Waals surface area contributed by atoms with E-state index in [1.807, 2.05) is 23.1 Å². The Morgan fingerprint density at radius 1 is 1.02 bits per heavy atom. The molecule has 228 valence electrons. The van der Waals surface area contributed by atoms with Gasteiger partial charge < -0.3 is 15.3 Å². The number of hydrogen-bond donors (Lipinski definition) is 2. The molecule has 1 aliphatic heterocycles. The third-order valence-corrected chi connectivity index (χ3v) is 10.7. The van der Waals surface area contributed by atoms with Gasteiger partial charge in [0.25, 0.3) is 10.0 Å². The van der Waals surface area contributed by atoms with Crippen LogP contribution in [0.15, 0.2) is 49.3 Å². The van der Waals surface area contributed by atoms with E-state index in [9.17, 15) is 13.5 Å². The molecule has 2 saturated carbocycles. The fraction of sp³-hybridized carbons (Fsp3) is 0.452. The van der Waals surface area contributed by atoms with E-state index >= 15 is 0 Å². The number of aromatic nitrogens is 7. The topological polar surface area (TPSA) is 144 Å². The molecule has 1 saturated heterocycles. The van der Waals surface area contributed by atoms with Gasteiger partial charge in [-0.2, -0.15) is 14.3 Å². The molecule has 2 aliphatic carbocycles. The lowest BCUT2D eigenvalue weighted by atomic mass is 9.81. The maximum Gasteiger partial charge on any atom is 0.256 e. The molecule has 0 radical (unpaired) electrons. The molecule has 2 N–H and O–H groups in total. The maximum absolute atomic E-state index is 12.6. The van der Waals surface area contributed by atoms with E-state index in [2.05, 4.69) is 54.1 Å². The Labute approximate surface area is 256 Å². The summed E-state index contributed by atoms with van der Waals surface area (Å²) in [6.45, 7) is 4.82. The number of nitrogens with zero attached hydrogens (tertiary/aromatic N) is 8. The first-order valence-electron chi connectivity index (χ1n) is 15.1. The van der Waals surface area contributed by atoms with E-state index in [-0.39, 0.29) is 17.3 Å². The summed E-state index contributed by atoms with van der Waals surface area (Å²) in [7, 11) is -3.47. The second-order valence-electron chi connectivity index (χ2n) is 12.4. The molecule has 12 nitrogen and oxygen atoms in total. The van der Waals surface area contributed by atoms with Crippen LogP contribution >= 0.6 is 0 Å². The van der Waals surface area contributed by atoms with Crippen molar-refractivity contribution in [3.8, 4) is 23.2 Å². The largest absolute Gasteiger partial charge is 0.396 e. The van der Waals surface area contributed by atoms with Gasteiger partial charge in [-0.05, 0) is 55.9 Å². The van der Waals surface area contributed by atoms with Crippen molar-refractivity contribution in [1.29, 1.82) is 0 Å². The zero-order valence-corrected chi connectivity index (χ0v) is 25.4. The van der Waals surface area contributed by atoms with Crippen molar-refractivity contribution in [2.45, 2.75) is 57.2 Å². The van der Waals surface area contributed by atoms with Crippen LogP contribution in [-0.2, 0) is 16.6 Å². The highest BCUT2D eigenvalue weighted by atomic mass is 32.2. The van der Waals surface area contributed by atoms with Crippen molar-refractivity contribution in [2.75, 3.05) is 29.9 Å². The quantitative estimate of drug-likeness (QED) is 0.270. The van der Waals surface area contributed by atoms with Gasteiger partial charge in [0.05, 0.1) is 46.2 Å². The minimum Gasteiger partial charge on any atom is -0.396 e. The SMILES string of the molecule is CC1(CO)CCN(c2cc(Nc3ccnc(-c4cnn(S(=O)(=O)C5CC5)c4)n3)ncc2C#Cc2cnn(CC3CC3)c2)CC1. The van der Waals surface area contributed by atoms with Crippen molar-refractivity contribution >= 4 is 27.3 Å². The van der Waals surface area contributed by atoms with Crippen LogP contribution in [0.25, 0.3) is 11.4 Å². The number of hydrogen-bond acceptors (Lipinski definition) is 10. The summed E-state index contributed by atoms with van der Waals surface area (Å²) in [5.41, 5.74) is 3.06. The first kappa shape index (κ1) is 28.5. The normalized spacial score (nSPS) is 18.1. The van der Waals surface area contributed by atoms with Gasteiger partial charge in [0.1, 0.15) is 11.6 Å². The molecule has 0 spiro atoms. The second-order valence-corrected chi connectivity index (χ2v) is 14.5. The fourth-order valence-corrected chi connectivity index (χ4v) is 6.80. The van der Waals surface area contributed by atoms with Crippen LogP contribution in [-0.4, -0.2) is 72.4 Å². The van der Waals surface area contributed by atoms with Gasteiger partial charge in [0, 0.05) is 50.9 Å². The highest BCUT2D eigenvalue weighted by Crippen LogP contribution is 2.35. The molecule has 3 fully saturated rings. The molecule has 4 aromatic rings. The summed E-state index contributed by atoms with van der Waals surface area (Å²) >= 11 is 0. The van der Waals surface area contributed by atoms with E-state index < -0.39 is 10.0 Å². The molecule has 0 atom stereocenters. The molecule has 4 aromatic heterocycles. The minimum atomic E-state index is -3.47. The minimum absolute atomic E-state index is 0.0876. The van der Waals surface area contributed by atoms with Gasteiger partial charge in [-0.15, -0.1) is 0 Å². The van der Waals surface area contributed by atoms with Gasteiger partial charge in [-0.1, -0.05) is 18.8 Å². The Bertz CT molecular complexity index is 1840. The molecule has 13 heteroatoms. The Hall–Kier alpha value is -4.28. The molecule has 0 amide bonds. The number of anilines is 3. The molecule has 3 aliphatic rings. The van der Waals surface area contributed by atoms with E-state index in [1.54, 1.807) is 18.5 Å². The van der Waals surface area contributed by atoms with Crippen molar-refractivity contribution < 1.29 is 13.5 Å². The molecule has 0 bridgehead atoms. The summed E-state index contributed by atoms with van der Waals surface area (Å²) in [5, 5.41) is 21.3. The summed E-state index contributed by atoms with van der Waals surface area (Å²) in [4.78, 5) is 15.9. The Morgan fingerprint density at radius 2 is 1.84 bits per heavy atom. The van der Waals surface area contributed by atoms with Crippen LogP contribution in [0, 0.1) is 23.2 Å². The lowest BCUT2D eigenvalue weighted by Gasteiger charge is -2.39. The van der Waals surface area contributed by atoms with E-state index in [0.29, 0.717) is 35.9 Å². The summed E-state index contributed by atoms with van der Waals surface area (Å²) in [5.74, 6) is 8.79. The number of rotatable bonds is 9. The van der Waals surface area contributed by atoms with Crippen LogP contribution in [0.3, 0.4) is 0 Å². The van der Waals surface area contributed by atoms with Gasteiger partial charge in [-0.25, -0.2) is 23.4 Å². The van der Waals surface area contributed by atoms with Crippen molar-refractivity contribution in [1.82, 2.24) is 33.9 Å². The van der Waals surface area contributed by atoms with Crippen molar-refractivity contribution in [3.05, 3.63) is 60.4 Å².